The minimum absolute atomic E-state index is 0.0340. The zero-order valence-corrected chi connectivity index (χ0v) is 57.7. The van der Waals surface area contributed by atoms with Gasteiger partial charge in [-0.25, -0.2) is 4.57 Å². The van der Waals surface area contributed by atoms with E-state index in [1.807, 2.05) is 33.3 Å². The summed E-state index contributed by atoms with van der Waals surface area (Å²) in [6.07, 6.45) is 89.5. The summed E-state index contributed by atoms with van der Waals surface area (Å²) in [4.78, 5) is 37.9. The van der Waals surface area contributed by atoms with E-state index in [0.29, 0.717) is 17.4 Å². The molecule has 9 nitrogen and oxygen atoms in total. The molecule has 0 rings (SSSR count). The van der Waals surface area contributed by atoms with E-state index in [-0.39, 0.29) is 31.5 Å². The normalized spacial score (nSPS) is 14.2. The number of carbonyl (C=O) groups excluding carboxylic acids is 2. The highest BCUT2D eigenvalue weighted by Gasteiger charge is 2.30. The quantitative estimate of drug-likeness (QED) is 0.0205. The van der Waals surface area contributed by atoms with Crippen molar-refractivity contribution in [2.24, 2.45) is 0 Å². The van der Waals surface area contributed by atoms with Crippen LogP contribution in [0.25, 0.3) is 0 Å². The van der Waals surface area contributed by atoms with Crippen LogP contribution in [-0.2, 0) is 27.9 Å². The fourth-order valence-corrected chi connectivity index (χ4v) is 10.7. The molecule has 0 saturated heterocycles. The summed E-state index contributed by atoms with van der Waals surface area (Å²) in [5.74, 6) is -0.515. The van der Waals surface area contributed by atoms with Crippen LogP contribution in [0.5, 0.6) is 0 Å². The average molecular weight is 1220 g/mol. The van der Waals surface area contributed by atoms with Crippen molar-refractivity contribution in [3.05, 3.63) is 109 Å². The van der Waals surface area contributed by atoms with Gasteiger partial charge in [-0.3, -0.25) is 18.6 Å². The fourth-order valence-electron chi connectivity index (χ4n) is 9.98. The van der Waals surface area contributed by atoms with Crippen molar-refractivity contribution in [2.75, 3.05) is 40.9 Å². The van der Waals surface area contributed by atoms with Crippen LogP contribution in [0.3, 0.4) is 0 Å². The number of hydrogen-bond acceptors (Lipinski definition) is 6. The van der Waals surface area contributed by atoms with Crippen LogP contribution in [0.1, 0.15) is 310 Å². The molecule has 0 aliphatic rings. The standard InChI is InChI=1S/C76H135N2O7P/c1-7-10-13-16-19-22-25-28-30-32-34-36-37-38-39-40-41-43-45-47-49-51-54-57-60-63-66-69-76(80)85-74(67-64-61-58-55-52-27-24-21-18-15-12-9-3)73(72-84-86(81,82)83-71-70-78(4,5)6)77-75(79)68-65-62-59-56-53-50-48-46-44-42-35-33-31-29-26-23-20-17-14-11-8-2/h10,13,19-20,22-23,28-31,34-36,38-39,42,64,67,73-74H,7-9,11-12,14-18,21,24-27,32-33,37,40-41,43-63,65-66,68-72H2,1-6H3,(H-,77,79,81,82)/p+1/b13-10-,22-19-,23-20-,30-28-,31-29-,36-34-,39-38-,42-35-,67-64-. The molecule has 0 bridgehead atoms. The van der Waals surface area contributed by atoms with Crippen molar-refractivity contribution in [2.45, 2.75) is 322 Å². The van der Waals surface area contributed by atoms with Crippen LogP contribution in [0.2, 0.25) is 0 Å². The summed E-state index contributed by atoms with van der Waals surface area (Å²) in [5, 5.41) is 3.07. The van der Waals surface area contributed by atoms with Crippen LogP contribution in [-0.4, -0.2) is 74.3 Å². The lowest BCUT2D eigenvalue weighted by atomic mass is 10.0. The highest BCUT2D eigenvalue weighted by Crippen LogP contribution is 2.43. The molecule has 496 valence electrons. The van der Waals surface area contributed by atoms with Crippen LogP contribution >= 0.6 is 7.82 Å². The first-order valence-electron chi connectivity index (χ1n) is 35.7. The Labute approximate surface area is 531 Å². The number of phosphoric ester groups is 1. The van der Waals surface area contributed by atoms with E-state index in [9.17, 15) is 19.0 Å². The van der Waals surface area contributed by atoms with E-state index in [2.05, 4.69) is 123 Å². The van der Waals surface area contributed by atoms with Gasteiger partial charge in [-0.05, 0) is 115 Å². The van der Waals surface area contributed by atoms with E-state index in [4.69, 9.17) is 13.8 Å². The molecule has 0 aromatic carbocycles. The maximum Gasteiger partial charge on any atom is 0.472 e. The third-order valence-electron chi connectivity index (χ3n) is 15.4. The van der Waals surface area contributed by atoms with Crippen molar-refractivity contribution in [3.63, 3.8) is 0 Å². The van der Waals surface area contributed by atoms with Crippen molar-refractivity contribution in [1.29, 1.82) is 0 Å². The fraction of sp³-hybridized carbons (Fsp3) is 0.737. The third kappa shape index (κ3) is 65.1. The number of likely N-dealkylation sites (N-methyl/N-ethyl adjacent to an activating group) is 1. The van der Waals surface area contributed by atoms with E-state index >= 15 is 0 Å². The minimum atomic E-state index is -4.46. The molecule has 0 aliphatic carbocycles. The monoisotopic (exact) mass is 1220 g/mol. The Morgan fingerprint density at radius 2 is 0.744 bits per heavy atom. The first-order valence-corrected chi connectivity index (χ1v) is 37.2. The summed E-state index contributed by atoms with van der Waals surface area (Å²) in [5.41, 5.74) is 0. The largest absolute Gasteiger partial charge is 0.472 e. The Balaban J connectivity index is 5.08. The second kappa shape index (κ2) is 64.6. The molecule has 0 fully saturated rings. The summed E-state index contributed by atoms with van der Waals surface area (Å²) < 4.78 is 30.8. The van der Waals surface area contributed by atoms with Gasteiger partial charge in [0.2, 0.25) is 5.91 Å². The van der Waals surface area contributed by atoms with Crippen LogP contribution < -0.4 is 5.32 Å². The van der Waals surface area contributed by atoms with E-state index in [1.54, 1.807) is 0 Å². The van der Waals surface area contributed by atoms with Gasteiger partial charge in [0.15, 0.2) is 0 Å². The molecule has 0 saturated carbocycles. The molecule has 0 heterocycles. The number of esters is 1. The highest BCUT2D eigenvalue weighted by atomic mass is 31.2. The molecule has 0 spiro atoms. The van der Waals surface area contributed by atoms with Crippen LogP contribution in [0.4, 0.5) is 0 Å². The second-order valence-corrected chi connectivity index (χ2v) is 26.5. The lowest BCUT2D eigenvalue weighted by molar-refractivity contribution is -0.870. The maximum atomic E-state index is 13.6. The van der Waals surface area contributed by atoms with E-state index < -0.39 is 20.0 Å². The number of carbonyl (C=O) groups is 2. The number of rotatable bonds is 64. The van der Waals surface area contributed by atoms with E-state index in [0.717, 1.165) is 116 Å². The number of nitrogens with zero attached hydrogens (tertiary/aromatic N) is 1. The predicted molar refractivity (Wildman–Crippen MR) is 373 cm³/mol. The number of unbranched alkanes of at least 4 members (excludes halogenated alkanes) is 32. The van der Waals surface area contributed by atoms with Crippen molar-refractivity contribution in [1.82, 2.24) is 5.32 Å². The Kier molecular flexibility index (Phi) is 62.1. The smallest absolute Gasteiger partial charge is 0.456 e. The van der Waals surface area contributed by atoms with Crippen molar-refractivity contribution < 1.29 is 37.3 Å². The van der Waals surface area contributed by atoms with Gasteiger partial charge in [0.1, 0.15) is 19.3 Å². The molecule has 10 heteroatoms. The van der Waals surface area contributed by atoms with Gasteiger partial charge in [-0.15, -0.1) is 0 Å². The van der Waals surface area contributed by atoms with Gasteiger partial charge in [0.25, 0.3) is 0 Å². The molecule has 0 aromatic heterocycles. The highest BCUT2D eigenvalue weighted by molar-refractivity contribution is 7.47. The lowest BCUT2D eigenvalue weighted by Crippen LogP contribution is -2.47. The second-order valence-electron chi connectivity index (χ2n) is 25.0. The first kappa shape index (κ1) is 82.7. The molecule has 86 heavy (non-hydrogen) atoms. The third-order valence-corrected chi connectivity index (χ3v) is 16.4. The number of allylic oxidation sites excluding steroid dienone is 17. The van der Waals surface area contributed by atoms with Gasteiger partial charge in [-0.1, -0.05) is 291 Å². The topological polar surface area (TPSA) is 111 Å². The van der Waals surface area contributed by atoms with Gasteiger partial charge < -0.3 is 19.4 Å². The lowest BCUT2D eigenvalue weighted by Gasteiger charge is -2.27. The Bertz CT molecular complexity index is 1840. The molecule has 1 amide bonds. The SMILES string of the molecule is CC/C=C\C/C=C\C/C=C\C/C=C\C/C=C\CCCCCCCCCCCCCC(=O)OC(/C=C\CCCCCCCCCCCC)C(COP(=O)(O)OCC[N+](C)(C)C)NC(=O)CCCCCCCCCC/C=C\C/C=C\C/C=C\CCCCC. The summed E-state index contributed by atoms with van der Waals surface area (Å²) in [6, 6.07) is -0.861. The molecule has 3 unspecified atom stereocenters. The summed E-state index contributed by atoms with van der Waals surface area (Å²) in [6.45, 7) is 6.88. The van der Waals surface area contributed by atoms with Gasteiger partial charge in [0, 0.05) is 12.8 Å². The first-order chi connectivity index (χ1) is 41.9. The summed E-state index contributed by atoms with van der Waals surface area (Å²) >= 11 is 0. The Morgan fingerprint density at radius 3 is 1.14 bits per heavy atom. The maximum absolute atomic E-state index is 13.6. The summed E-state index contributed by atoms with van der Waals surface area (Å²) in [7, 11) is 1.48. The minimum Gasteiger partial charge on any atom is -0.456 e. The molecular weight excluding hydrogens is 1080 g/mol. The van der Waals surface area contributed by atoms with Crippen molar-refractivity contribution >= 4 is 19.7 Å². The number of quaternary nitrogens is 1. The predicted octanol–water partition coefficient (Wildman–Crippen LogP) is 22.8. The molecule has 2 N–H and O–H groups in total. The zero-order chi connectivity index (χ0) is 62.8. The van der Waals surface area contributed by atoms with Gasteiger partial charge >= 0.3 is 13.8 Å². The molecule has 0 aromatic rings. The van der Waals surface area contributed by atoms with Crippen molar-refractivity contribution in [3.8, 4) is 0 Å². The Morgan fingerprint density at radius 1 is 0.419 bits per heavy atom. The molecular formula is C76H136N2O7P+. The molecule has 0 aliphatic heterocycles. The number of amides is 1. The van der Waals surface area contributed by atoms with E-state index in [1.165, 1.54) is 161 Å². The number of phosphoric acid groups is 1. The Hall–Kier alpha value is -3.33. The van der Waals surface area contributed by atoms with Crippen LogP contribution in [0, 0.1) is 0 Å². The van der Waals surface area contributed by atoms with Crippen LogP contribution in [0.15, 0.2) is 109 Å². The van der Waals surface area contributed by atoms with Gasteiger partial charge in [0.05, 0.1) is 33.8 Å². The number of nitrogens with one attached hydrogen (secondary N) is 1. The zero-order valence-electron chi connectivity index (χ0n) is 56.8. The van der Waals surface area contributed by atoms with Gasteiger partial charge in [-0.2, -0.15) is 0 Å². The average Bonchev–Trinajstić information content (AvgIpc) is 3.65. The molecule has 0 radical (unpaired) electrons. The number of ether oxygens (including phenoxy) is 1. The molecule has 3 atom stereocenters. The number of hydrogen-bond donors (Lipinski definition) is 2.